The molecule has 1 unspecified atom stereocenters. The molecule has 0 heterocycles. The summed E-state index contributed by atoms with van der Waals surface area (Å²) in [7, 11) is 0. The van der Waals surface area contributed by atoms with Crippen molar-refractivity contribution in [2.24, 2.45) is 0 Å². The summed E-state index contributed by atoms with van der Waals surface area (Å²) < 4.78 is 4.75. The summed E-state index contributed by atoms with van der Waals surface area (Å²) in [5.74, 6) is -0.506. The number of allylic oxidation sites excluding steroid dienone is 3. The van der Waals surface area contributed by atoms with Crippen molar-refractivity contribution in [3.05, 3.63) is 24.3 Å². The SMILES string of the molecule is CCCCCCCCCCCCCCCC=CC=CC(=O)OCC(O)CO. The third-order valence-electron chi connectivity index (χ3n) is 4.58. The predicted molar refractivity (Wildman–Crippen MR) is 113 cm³/mol. The molecule has 4 nitrogen and oxygen atoms in total. The first-order valence-electron chi connectivity index (χ1n) is 11.0. The molecule has 0 aromatic heterocycles. The van der Waals surface area contributed by atoms with Gasteiger partial charge in [0.25, 0.3) is 0 Å². The minimum Gasteiger partial charge on any atom is -0.460 e. The highest BCUT2D eigenvalue weighted by Crippen LogP contribution is 2.13. The van der Waals surface area contributed by atoms with Gasteiger partial charge in [-0.2, -0.15) is 0 Å². The van der Waals surface area contributed by atoms with E-state index in [1.807, 2.05) is 6.08 Å². The van der Waals surface area contributed by atoms with Crippen molar-refractivity contribution in [2.75, 3.05) is 13.2 Å². The first-order chi connectivity index (χ1) is 13.2. The highest BCUT2D eigenvalue weighted by Gasteiger charge is 2.04. The van der Waals surface area contributed by atoms with Crippen LogP contribution in [0.5, 0.6) is 0 Å². The Morgan fingerprint density at radius 2 is 1.37 bits per heavy atom. The zero-order chi connectivity index (χ0) is 20.0. The number of hydrogen-bond donors (Lipinski definition) is 2. The van der Waals surface area contributed by atoms with Crippen LogP contribution in [0, 0.1) is 0 Å². The van der Waals surface area contributed by atoms with E-state index in [2.05, 4.69) is 13.0 Å². The van der Waals surface area contributed by atoms with E-state index in [0.29, 0.717) is 0 Å². The molecule has 0 rings (SSSR count). The molecule has 158 valence electrons. The minimum absolute atomic E-state index is 0.178. The molecule has 0 radical (unpaired) electrons. The number of carbonyl (C=O) groups is 1. The predicted octanol–water partition coefficient (Wildman–Crippen LogP) is 5.48. The van der Waals surface area contributed by atoms with Crippen LogP contribution in [0.4, 0.5) is 0 Å². The van der Waals surface area contributed by atoms with Gasteiger partial charge >= 0.3 is 5.97 Å². The van der Waals surface area contributed by atoms with E-state index in [1.165, 1.54) is 89.5 Å². The second-order valence-electron chi connectivity index (χ2n) is 7.29. The number of aliphatic hydroxyl groups is 2. The number of carbonyl (C=O) groups excluding carboxylic acids is 1. The first-order valence-corrected chi connectivity index (χ1v) is 11.0. The second kappa shape index (κ2) is 21.2. The number of unbranched alkanes of at least 4 members (excludes halogenated alkanes) is 13. The Labute approximate surface area is 166 Å². The maximum absolute atomic E-state index is 11.3. The molecule has 0 amide bonds. The van der Waals surface area contributed by atoms with E-state index < -0.39 is 18.7 Å². The lowest BCUT2D eigenvalue weighted by Crippen LogP contribution is -2.21. The Morgan fingerprint density at radius 1 is 0.852 bits per heavy atom. The summed E-state index contributed by atoms with van der Waals surface area (Å²) in [5.41, 5.74) is 0. The van der Waals surface area contributed by atoms with E-state index in [0.717, 1.165) is 6.42 Å². The van der Waals surface area contributed by atoms with Crippen LogP contribution in [0.1, 0.15) is 96.8 Å². The highest BCUT2D eigenvalue weighted by atomic mass is 16.5. The molecule has 0 aliphatic carbocycles. The van der Waals surface area contributed by atoms with E-state index >= 15 is 0 Å². The van der Waals surface area contributed by atoms with Crippen LogP contribution < -0.4 is 0 Å². The van der Waals surface area contributed by atoms with Crippen molar-refractivity contribution in [3.8, 4) is 0 Å². The fourth-order valence-electron chi connectivity index (χ4n) is 2.87. The molecular weight excluding hydrogens is 340 g/mol. The summed E-state index contributed by atoms with van der Waals surface area (Å²) in [6.45, 7) is 1.68. The minimum atomic E-state index is -1.01. The molecule has 27 heavy (non-hydrogen) atoms. The van der Waals surface area contributed by atoms with E-state index in [9.17, 15) is 4.79 Å². The van der Waals surface area contributed by atoms with Gasteiger partial charge in [-0.05, 0) is 12.8 Å². The lowest BCUT2D eigenvalue weighted by molar-refractivity contribution is -0.141. The zero-order valence-electron chi connectivity index (χ0n) is 17.4. The highest BCUT2D eigenvalue weighted by molar-refractivity contribution is 5.82. The Morgan fingerprint density at radius 3 is 1.89 bits per heavy atom. The van der Waals surface area contributed by atoms with Crippen molar-refractivity contribution in [3.63, 3.8) is 0 Å². The Kier molecular flexibility index (Phi) is 20.3. The number of ether oxygens (including phenoxy) is 1. The van der Waals surface area contributed by atoms with Gasteiger partial charge in [-0.1, -0.05) is 102 Å². The third-order valence-corrected chi connectivity index (χ3v) is 4.58. The molecular formula is C23H42O4. The van der Waals surface area contributed by atoms with Crippen LogP contribution >= 0.6 is 0 Å². The third kappa shape index (κ3) is 21.0. The maximum atomic E-state index is 11.3. The van der Waals surface area contributed by atoms with Crippen molar-refractivity contribution in [1.29, 1.82) is 0 Å². The van der Waals surface area contributed by atoms with Crippen molar-refractivity contribution < 1.29 is 19.7 Å². The molecule has 0 spiro atoms. The average molecular weight is 383 g/mol. The van der Waals surface area contributed by atoms with Gasteiger partial charge in [0.05, 0.1) is 6.61 Å². The van der Waals surface area contributed by atoms with Gasteiger partial charge in [-0.25, -0.2) is 4.79 Å². The smallest absolute Gasteiger partial charge is 0.330 e. The fraction of sp³-hybridized carbons (Fsp3) is 0.783. The largest absolute Gasteiger partial charge is 0.460 e. The van der Waals surface area contributed by atoms with Crippen LogP contribution in [-0.4, -0.2) is 35.5 Å². The van der Waals surface area contributed by atoms with Crippen molar-refractivity contribution in [1.82, 2.24) is 0 Å². The van der Waals surface area contributed by atoms with Gasteiger partial charge in [-0.3, -0.25) is 0 Å². The summed E-state index contributed by atoms with van der Waals surface area (Å²) in [6, 6.07) is 0. The molecule has 0 aliphatic rings. The normalized spacial score (nSPS) is 12.9. The van der Waals surface area contributed by atoms with E-state index in [-0.39, 0.29) is 6.61 Å². The van der Waals surface area contributed by atoms with Gasteiger partial charge in [-0.15, -0.1) is 0 Å². The lowest BCUT2D eigenvalue weighted by atomic mass is 10.0. The second-order valence-corrected chi connectivity index (χ2v) is 7.29. The summed E-state index contributed by atoms with van der Waals surface area (Å²) in [6.07, 6.45) is 24.6. The van der Waals surface area contributed by atoms with E-state index in [1.54, 1.807) is 6.08 Å². The van der Waals surface area contributed by atoms with Crippen LogP contribution in [0.15, 0.2) is 24.3 Å². The lowest BCUT2D eigenvalue weighted by Gasteiger charge is -2.05. The number of esters is 1. The van der Waals surface area contributed by atoms with Crippen molar-refractivity contribution >= 4 is 5.97 Å². The van der Waals surface area contributed by atoms with Gasteiger partial charge in [0.15, 0.2) is 0 Å². The molecule has 0 saturated carbocycles. The fourth-order valence-corrected chi connectivity index (χ4v) is 2.87. The van der Waals surface area contributed by atoms with Crippen LogP contribution in [-0.2, 0) is 9.53 Å². The molecule has 0 saturated heterocycles. The summed E-state index contributed by atoms with van der Waals surface area (Å²) in [5, 5.41) is 17.7. The van der Waals surface area contributed by atoms with Crippen LogP contribution in [0.3, 0.4) is 0 Å². The number of rotatable bonds is 19. The Bertz CT molecular complexity index is 377. The monoisotopic (exact) mass is 382 g/mol. The van der Waals surface area contributed by atoms with Crippen molar-refractivity contribution in [2.45, 2.75) is 103 Å². The van der Waals surface area contributed by atoms with Crippen LogP contribution in [0.2, 0.25) is 0 Å². The van der Waals surface area contributed by atoms with E-state index in [4.69, 9.17) is 14.9 Å². The zero-order valence-corrected chi connectivity index (χ0v) is 17.4. The van der Waals surface area contributed by atoms with Gasteiger partial charge in [0.2, 0.25) is 0 Å². The Hall–Kier alpha value is -1.13. The van der Waals surface area contributed by atoms with Crippen LogP contribution in [0.25, 0.3) is 0 Å². The van der Waals surface area contributed by atoms with Gasteiger partial charge in [0.1, 0.15) is 12.7 Å². The average Bonchev–Trinajstić information content (AvgIpc) is 2.68. The topological polar surface area (TPSA) is 66.8 Å². The molecule has 0 aliphatic heterocycles. The molecule has 0 bridgehead atoms. The standard InChI is InChI=1S/C23H42O4/c1-2-3-4-5-6-7-8-9-10-11-12-13-14-15-16-17-18-19-23(26)27-21-22(25)20-24/h16-19,22,24-25H,2-15,20-21H2,1H3. The van der Waals surface area contributed by atoms with Gasteiger partial charge < -0.3 is 14.9 Å². The molecule has 0 aromatic rings. The summed E-state index contributed by atoms with van der Waals surface area (Å²) >= 11 is 0. The van der Waals surface area contributed by atoms with Gasteiger partial charge in [0, 0.05) is 6.08 Å². The molecule has 0 fully saturated rings. The molecule has 4 heteroatoms. The quantitative estimate of drug-likeness (QED) is 0.134. The maximum Gasteiger partial charge on any atom is 0.330 e. The Balaban J connectivity index is 3.31. The molecule has 1 atom stereocenters. The first kappa shape index (κ1) is 25.9. The molecule has 2 N–H and O–H groups in total. The molecule has 0 aromatic carbocycles. The number of aliphatic hydroxyl groups excluding tert-OH is 2. The summed E-state index contributed by atoms with van der Waals surface area (Å²) in [4.78, 5) is 11.3. The number of hydrogen-bond acceptors (Lipinski definition) is 4.